The standard InChI is InChI=1S/C23H23N3O/c1-26(15-16-10-11-17-6-2-3-7-18(17)14-16)13-12-20-19-8-4-5-9-21(19)25-22(20)23(24)27/h2-11,14,25H,12-13,15H2,1H3,(H2,24,27). The maximum absolute atomic E-state index is 11.8. The van der Waals surface area contributed by atoms with Crippen molar-refractivity contribution in [3.8, 4) is 0 Å². The van der Waals surface area contributed by atoms with Crippen LogP contribution in [0.4, 0.5) is 0 Å². The van der Waals surface area contributed by atoms with Crippen molar-refractivity contribution in [2.24, 2.45) is 5.73 Å². The summed E-state index contributed by atoms with van der Waals surface area (Å²) in [5, 5.41) is 3.59. The first-order valence-corrected chi connectivity index (χ1v) is 9.17. The molecule has 3 aromatic carbocycles. The molecule has 0 aliphatic carbocycles. The van der Waals surface area contributed by atoms with Crippen LogP contribution >= 0.6 is 0 Å². The quantitative estimate of drug-likeness (QED) is 0.546. The van der Waals surface area contributed by atoms with Crippen molar-refractivity contribution in [3.63, 3.8) is 0 Å². The molecule has 1 heterocycles. The average Bonchev–Trinajstić information content (AvgIpc) is 3.05. The monoisotopic (exact) mass is 357 g/mol. The van der Waals surface area contributed by atoms with Gasteiger partial charge in [0.15, 0.2) is 0 Å². The summed E-state index contributed by atoms with van der Waals surface area (Å²) in [5.41, 5.74) is 9.34. The van der Waals surface area contributed by atoms with Crippen LogP contribution in [0.5, 0.6) is 0 Å². The number of aromatic amines is 1. The van der Waals surface area contributed by atoms with Gasteiger partial charge in [-0.3, -0.25) is 4.79 Å². The summed E-state index contributed by atoms with van der Waals surface area (Å²) >= 11 is 0. The number of nitrogens with two attached hydrogens (primary N) is 1. The number of fused-ring (bicyclic) bond motifs is 2. The third-order valence-corrected chi connectivity index (χ3v) is 5.07. The van der Waals surface area contributed by atoms with E-state index >= 15 is 0 Å². The highest BCUT2D eigenvalue weighted by Crippen LogP contribution is 2.23. The van der Waals surface area contributed by atoms with Crippen LogP contribution in [0, 0.1) is 0 Å². The van der Waals surface area contributed by atoms with Crippen molar-refractivity contribution >= 4 is 27.6 Å². The zero-order chi connectivity index (χ0) is 18.8. The highest BCUT2D eigenvalue weighted by atomic mass is 16.1. The van der Waals surface area contributed by atoms with Crippen LogP contribution in [0.15, 0.2) is 66.7 Å². The van der Waals surface area contributed by atoms with Crippen molar-refractivity contribution in [1.82, 2.24) is 9.88 Å². The van der Waals surface area contributed by atoms with E-state index in [2.05, 4.69) is 59.4 Å². The number of aromatic nitrogens is 1. The lowest BCUT2D eigenvalue weighted by atomic mass is 10.1. The zero-order valence-corrected chi connectivity index (χ0v) is 15.4. The number of amides is 1. The van der Waals surface area contributed by atoms with Crippen molar-refractivity contribution in [3.05, 3.63) is 83.6 Å². The highest BCUT2D eigenvalue weighted by Gasteiger charge is 2.15. The lowest BCUT2D eigenvalue weighted by Crippen LogP contribution is -2.22. The maximum atomic E-state index is 11.8. The number of hydrogen-bond acceptors (Lipinski definition) is 2. The lowest BCUT2D eigenvalue weighted by Gasteiger charge is -2.17. The van der Waals surface area contributed by atoms with E-state index in [0.717, 1.165) is 36.0 Å². The second kappa shape index (κ2) is 7.25. The molecule has 0 fully saturated rings. The molecule has 4 rings (SSSR count). The Morgan fingerprint density at radius 1 is 1.00 bits per heavy atom. The van der Waals surface area contributed by atoms with Crippen LogP contribution in [0.25, 0.3) is 21.7 Å². The Labute approximate surface area is 158 Å². The zero-order valence-electron chi connectivity index (χ0n) is 15.4. The van der Waals surface area contributed by atoms with E-state index in [4.69, 9.17) is 5.73 Å². The molecule has 0 saturated heterocycles. The van der Waals surface area contributed by atoms with E-state index in [1.165, 1.54) is 16.3 Å². The molecule has 0 atom stereocenters. The van der Waals surface area contributed by atoms with E-state index in [0.29, 0.717) is 5.69 Å². The van der Waals surface area contributed by atoms with Crippen LogP contribution in [0.2, 0.25) is 0 Å². The number of rotatable bonds is 6. The first-order chi connectivity index (χ1) is 13.1. The molecular formula is C23H23N3O. The smallest absolute Gasteiger partial charge is 0.265 e. The molecule has 4 aromatic rings. The van der Waals surface area contributed by atoms with Gasteiger partial charge in [-0.15, -0.1) is 0 Å². The Morgan fingerprint density at radius 3 is 2.56 bits per heavy atom. The fraction of sp³-hybridized carbons (Fsp3) is 0.174. The summed E-state index contributed by atoms with van der Waals surface area (Å²) < 4.78 is 0. The van der Waals surface area contributed by atoms with Crippen LogP contribution in [0.3, 0.4) is 0 Å². The van der Waals surface area contributed by atoms with Gasteiger partial charge in [-0.2, -0.15) is 0 Å². The van der Waals surface area contributed by atoms with Gasteiger partial charge in [-0.05, 0) is 47.5 Å². The van der Waals surface area contributed by atoms with Crippen LogP contribution < -0.4 is 5.73 Å². The Morgan fingerprint density at radius 2 is 1.74 bits per heavy atom. The number of H-pyrrole nitrogens is 1. The van der Waals surface area contributed by atoms with Crippen LogP contribution in [-0.2, 0) is 13.0 Å². The number of likely N-dealkylation sites (N-methyl/N-ethyl adjacent to an activating group) is 1. The Kier molecular flexibility index (Phi) is 4.65. The topological polar surface area (TPSA) is 62.1 Å². The summed E-state index contributed by atoms with van der Waals surface area (Å²) in [4.78, 5) is 17.3. The number of para-hydroxylation sites is 1. The summed E-state index contributed by atoms with van der Waals surface area (Å²) in [7, 11) is 2.11. The normalized spacial score (nSPS) is 11.5. The molecule has 0 unspecified atom stereocenters. The molecule has 0 aliphatic rings. The fourth-order valence-electron chi connectivity index (χ4n) is 3.70. The summed E-state index contributed by atoms with van der Waals surface area (Å²) in [5.74, 6) is -0.404. The van der Waals surface area contributed by atoms with E-state index in [1.54, 1.807) is 0 Å². The summed E-state index contributed by atoms with van der Waals surface area (Å²) in [6.45, 7) is 1.70. The van der Waals surface area contributed by atoms with Gasteiger partial charge in [-0.25, -0.2) is 0 Å². The van der Waals surface area contributed by atoms with Gasteiger partial charge in [0.1, 0.15) is 5.69 Å². The number of hydrogen-bond donors (Lipinski definition) is 2. The SMILES string of the molecule is CN(CCc1c(C(N)=O)[nH]c2ccccc12)Cc1ccc2ccccc2c1. The molecule has 3 N–H and O–H groups in total. The van der Waals surface area contributed by atoms with E-state index in [9.17, 15) is 4.79 Å². The van der Waals surface area contributed by atoms with E-state index < -0.39 is 5.91 Å². The summed E-state index contributed by atoms with van der Waals surface area (Å²) in [6.07, 6.45) is 0.770. The Bertz CT molecular complexity index is 1110. The Hall–Kier alpha value is -3.11. The molecule has 1 aromatic heterocycles. The molecular weight excluding hydrogens is 334 g/mol. The van der Waals surface area contributed by atoms with Gasteiger partial charge < -0.3 is 15.6 Å². The maximum Gasteiger partial charge on any atom is 0.265 e. The predicted octanol–water partition coefficient (Wildman–Crippen LogP) is 4.09. The van der Waals surface area contributed by atoms with Crippen molar-refractivity contribution in [2.45, 2.75) is 13.0 Å². The largest absolute Gasteiger partial charge is 0.364 e. The first kappa shape index (κ1) is 17.3. The number of benzene rings is 3. The lowest BCUT2D eigenvalue weighted by molar-refractivity contribution is 0.0995. The predicted molar refractivity (Wildman–Crippen MR) is 111 cm³/mol. The third kappa shape index (κ3) is 3.57. The van der Waals surface area contributed by atoms with Gasteiger partial charge >= 0.3 is 0 Å². The number of nitrogens with zero attached hydrogens (tertiary/aromatic N) is 1. The number of primary amides is 1. The molecule has 1 amide bonds. The second-order valence-electron chi connectivity index (χ2n) is 7.06. The van der Waals surface area contributed by atoms with E-state index in [-0.39, 0.29) is 0 Å². The first-order valence-electron chi connectivity index (χ1n) is 9.17. The molecule has 4 nitrogen and oxygen atoms in total. The molecule has 136 valence electrons. The van der Waals surface area contributed by atoms with Crippen molar-refractivity contribution < 1.29 is 4.79 Å². The highest BCUT2D eigenvalue weighted by molar-refractivity contribution is 6.00. The molecule has 27 heavy (non-hydrogen) atoms. The number of carbonyl (C=O) groups is 1. The van der Waals surface area contributed by atoms with Gasteiger partial charge in [-0.1, -0.05) is 54.6 Å². The molecule has 0 radical (unpaired) electrons. The molecule has 0 spiro atoms. The van der Waals surface area contributed by atoms with Gasteiger partial charge in [0.05, 0.1) is 0 Å². The second-order valence-corrected chi connectivity index (χ2v) is 7.06. The molecule has 0 saturated carbocycles. The average molecular weight is 357 g/mol. The third-order valence-electron chi connectivity index (χ3n) is 5.07. The number of carbonyl (C=O) groups excluding carboxylic acids is 1. The molecule has 4 heteroatoms. The minimum Gasteiger partial charge on any atom is -0.364 e. The fourth-order valence-corrected chi connectivity index (χ4v) is 3.70. The van der Waals surface area contributed by atoms with Gasteiger partial charge in [0.2, 0.25) is 0 Å². The van der Waals surface area contributed by atoms with Gasteiger partial charge in [0.25, 0.3) is 5.91 Å². The van der Waals surface area contributed by atoms with Crippen molar-refractivity contribution in [1.29, 1.82) is 0 Å². The van der Waals surface area contributed by atoms with Crippen LogP contribution in [-0.4, -0.2) is 29.4 Å². The van der Waals surface area contributed by atoms with Crippen molar-refractivity contribution in [2.75, 3.05) is 13.6 Å². The Balaban J connectivity index is 1.50. The minimum atomic E-state index is -0.404. The van der Waals surface area contributed by atoms with E-state index in [1.807, 2.05) is 24.3 Å². The van der Waals surface area contributed by atoms with Crippen LogP contribution in [0.1, 0.15) is 21.6 Å². The number of nitrogens with one attached hydrogen (secondary N) is 1. The molecule has 0 bridgehead atoms. The minimum absolute atomic E-state index is 0.404. The molecule has 0 aliphatic heterocycles. The van der Waals surface area contributed by atoms with Gasteiger partial charge in [0, 0.05) is 24.0 Å². The summed E-state index contributed by atoms with van der Waals surface area (Å²) in [6, 6.07) is 23.0.